The minimum atomic E-state index is -2.86. The van der Waals surface area contributed by atoms with Gasteiger partial charge in [-0.2, -0.15) is 0 Å². The summed E-state index contributed by atoms with van der Waals surface area (Å²) >= 11 is 0. The molecule has 0 aliphatic rings. The van der Waals surface area contributed by atoms with E-state index in [2.05, 4.69) is 5.32 Å². The third-order valence-electron chi connectivity index (χ3n) is 3.59. The van der Waals surface area contributed by atoms with Gasteiger partial charge in [0.05, 0.1) is 22.7 Å². The fourth-order valence-electron chi connectivity index (χ4n) is 2.43. The van der Waals surface area contributed by atoms with Crippen molar-refractivity contribution >= 4 is 30.5 Å². The van der Waals surface area contributed by atoms with Crippen molar-refractivity contribution in [1.82, 2.24) is 0 Å². The molecule has 0 aromatic heterocycles. The Labute approximate surface area is 169 Å². The molecule has 0 saturated carbocycles. The van der Waals surface area contributed by atoms with Gasteiger partial charge in [-0.05, 0) is 24.3 Å². The lowest BCUT2D eigenvalue weighted by atomic mass is 9.88. The molecule has 0 heterocycles. The molecule has 10 nitrogen and oxygen atoms in total. The Bertz CT molecular complexity index is 902. The van der Waals surface area contributed by atoms with Gasteiger partial charge in [0.15, 0.2) is 19.4 Å². The Kier molecular flexibility index (Phi) is 7.00. The number of carbonyl (C=O) groups is 1. The molecule has 8 N–H and O–H groups in total. The highest BCUT2D eigenvalue weighted by Crippen LogP contribution is 2.36. The number of anilines is 1. The third kappa shape index (κ3) is 6.82. The van der Waals surface area contributed by atoms with Crippen LogP contribution in [0.1, 0.15) is 16.8 Å². The number of hydrogen-bond donors (Lipinski definition) is 7. The van der Waals surface area contributed by atoms with E-state index >= 15 is 0 Å². The minimum absolute atomic E-state index is 0.0754. The second-order valence-electron chi connectivity index (χ2n) is 6.26. The van der Waals surface area contributed by atoms with E-state index in [1.54, 1.807) is 30.3 Å². The summed E-state index contributed by atoms with van der Waals surface area (Å²) in [7, 11) is 2.81. The topological polar surface area (TPSA) is 183 Å². The Hall–Kier alpha value is -2.48. The summed E-state index contributed by atoms with van der Waals surface area (Å²) in [6.07, 6.45) is -1.05. The molecular formula is C17H19BN2O8S. The van der Waals surface area contributed by atoms with Crippen LogP contribution in [0.2, 0.25) is 0 Å². The van der Waals surface area contributed by atoms with Gasteiger partial charge in [-0.15, -0.1) is 0 Å². The van der Waals surface area contributed by atoms with Gasteiger partial charge < -0.3 is 35.6 Å². The summed E-state index contributed by atoms with van der Waals surface area (Å²) in [5.74, 6) is -3.83. The number of carboxylic acid groups (broad SMARTS) is 1. The summed E-state index contributed by atoms with van der Waals surface area (Å²) in [5.41, 5.74) is -3.23. The molecule has 2 radical (unpaired) electrons. The summed E-state index contributed by atoms with van der Waals surface area (Å²) in [4.78, 5) is 11.2. The van der Waals surface area contributed by atoms with Crippen LogP contribution in [0.3, 0.4) is 0 Å². The average Bonchev–Trinajstić information content (AvgIpc) is 2.59. The van der Waals surface area contributed by atoms with Gasteiger partial charge in [0.2, 0.25) is 0 Å². The Morgan fingerprint density at radius 1 is 1.17 bits per heavy atom. The van der Waals surface area contributed by atoms with E-state index < -0.39 is 41.4 Å². The van der Waals surface area contributed by atoms with Gasteiger partial charge in [0.1, 0.15) is 22.4 Å². The number of rotatable bonds is 9. The van der Waals surface area contributed by atoms with Crippen molar-refractivity contribution in [3.05, 3.63) is 48.0 Å². The fourth-order valence-corrected chi connectivity index (χ4v) is 3.01. The number of para-hydroxylation sites is 1. The SMILES string of the molecule is [B]C(O)(O)CC(O)(O)CNc1cc(C(=O)O)cc(S(N)=O)c1Oc1ccccc1. The minimum Gasteiger partial charge on any atom is -0.478 e. The smallest absolute Gasteiger partial charge is 0.335 e. The maximum atomic E-state index is 12.0. The van der Waals surface area contributed by atoms with Crippen molar-refractivity contribution in [1.29, 1.82) is 0 Å². The molecule has 0 fully saturated rings. The highest BCUT2D eigenvalue weighted by molar-refractivity contribution is 7.82. The molecule has 0 amide bonds. The predicted octanol–water partition coefficient (Wildman–Crippen LogP) is -0.552. The zero-order valence-electron chi connectivity index (χ0n) is 15.0. The van der Waals surface area contributed by atoms with Crippen molar-refractivity contribution in [3.8, 4) is 11.5 Å². The normalized spacial score (nSPS) is 13.0. The van der Waals surface area contributed by atoms with E-state index in [9.17, 15) is 24.3 Å². The molecule has 154 valence electrons. The van der Waals surface area contributed by atoms with Crippen LogP contribution in [0.4, 0.5) is 5.69 Å². The van der Waals surface area contributed by atoms with E-state index in [4.69, 9.17) is 27.9 Å². The van der Waals surface area contributed by atoms with E-state index in [1.807, 2.05) is 0 Å². The quantitative estimate of drug-likeness (QED) is 0.206. The molecule has 1 atom stereocenters. The Balaban J connectivity index is 2.46. The molecule has 12 heteroatoms. The molecule has 0 aliphatic heterocycles. The average molecular weight is 422 g/mol. The number of carboxylic acids is 1. The van der Waals surface area contributed by atoms with Crippen molar-refractivity contribution in [2.24, 2.45) is 5.14 Å². The molecular weight excluding hydrogens is 403 g/mol. The van der Waals surface area contributed by atoms with Gasteiger partial charge in [-0.1, -0.05) is 18.2 Å². The summed E-state index contributed by atoms with van der Waals surface area (Å²) < 4.78 is 17.7. The number of nitrogens with two attached hydrogens (primary N) is 1. The lowest BCUT2D eigenvalue weighted by Gasteiger charge is -2.29. The van der Waals surface area contributed by atoms with Crippen LogP contribution in [0, 0.1) is 0 Å². The lowest BCUT2D eigenvalue weighted by Crippen LogP contribution is -2.46. The van der Waals surface area contributed by atoms with Crippen molar-refractivity contribution in [2.75, 3.05) is 11.9 Å². The molecule has 0 aliphatic carbocycles. The first-order valence-electron chi connectivity index (χ1n) is 8.11. The molecule has 29 heavy (non-hydrogen) atoms. The Morgan fingerprint density at radius 2 is 1.79 bits per heavy atom. The highest BCUT2D eigenvalue weighted by Gasteiger charge is 2.32. The molecule has 1 unspecified atom stereocenters. The fraction of sp³-hybridized carbons (Fsp3) is 0.235. The summed E-state index contributed by atoms with van der Waals surface area (Å²) in [5, 5.41) is 55.4. The number of hydrogen-bond acceptors (Lipinski definition) is 8. The van der Waals surface area contributed by atoms with Gasteiger partial charge in [0.25, 0.3) is 0 Å². The second kappa shape index (κ2) is 8.90. The van der Waals surface area contributed by atoms with Crippen LogP contribution >= 0.6 is 0 Å². The van der Waals surface area contributed by atoms with E-state index in [-0.39, 0.29) is 21.9 Å². The van der Waals surface area contributed by atoms with E-state index in [0.29, 0.717) is 5.75 Å². The van der Waals surface area contributed by atoms with E-state index in [0.717, 1.165) is 12.1 Å². The van der Waals surface area contributed by atoms with Crippen LogP contribution in [-0.4, -0.2) is 61.6 Å². The van der Waals surface area contributed by atoms with Crippen LogP contribution in [0.15, 0.2) is 47.4 Å². The van der Waals surface area contributed by atoms with Gasteiger partial charge in [-0.25, -0.2) is 14.1 Å². The van der Waals surface area contributed by atoms with Gasteiger partial charge >= 0.3 is 5.97 Å². The molecule has 0 saturated heterocycles. The second-order valence-corrected chi connectivity index (χ2v) is 7.29. The number of nitrogens with one attached hydrogen (secondary N) is 1. The number of aliphatic hydroxyl groups is 4. The van der Waals surface area contributed by atoms with Crippen molar-refractivity contribution in [2.45, 2.75) is 22.8 Å². The first kappa shape index (κ1) is 22.8. The maximum absolute atomic E-state index is 12.0. The molecule has 2 aromatic carbocycles. The van der Waals surface area contributed by atoms with Crippen LogP contribution < -0.4 is 15.2 Å². The first-order valence-corrected chi connectivity index (χ1v) is 9.32. The number of benzene rings is 2. The zero-order valence-corrected chi connectivity index (χ0v) is 15.8. The maximum Gasteiger partial charge on any atom is 0.335 e. The number of aromatic carboxylic acids is 1. The zero-order chi connectivity index (χ0) is 21.8. The molecule has 2 rings (SSSR count). The predicted molar refractivity (Wildman–Crippen MR) is 104 cm³/mol. The monoisotopic (exact) mass is 422 g/mol. The van der Waals surface area contributed by atoms with Crippen LogP contribution in [0.25, 0.3) is 0 Å². The number of ether oxygens (including phenoxy) is 1. The molecule has 0 bridgehead atoms. The van der Waals surface area contributed by atoms with E-state index in [1.165, 1.54) is 0 Å². The molecule has 0 spiro atoms. The highest BCUT2D eigenvalue weighted by atomic mass is 32.2. The van der Waals surface area contributed by atoms with Gasteiger partial charge in [-0.3, -0.25) is 0 Å². The van der Waals surface area contributed by atoms with Gasteiger partial charge in [0, 0.05) is 6.42 Å². The summed E-state index contributed by atoms with van der Waals surface area (Å²) in [6, 6.07) is 10.4. The Morgan fingerprint density at radius 3 is 2.31 bits per heavy atom. The lowest BCUT2D eigenvalue weighted by molar-refractivity contribution is -0.214. The van der Waals surface area contributed by atoms with Crippen LogP contribution in [0.5, 0.6) is 11.5 Å². The van der Waals surface area contributed by atoms with Crippen molar-refractivity contribution in [3.63, 3.8) is 0 Å². The van der Waals surface area contributed by atoms with Crippen LogP contribution in [-0.2, 0) is 11.0 Å². The molecule has 2 aromatic rings. The summed E-state index contributed by atoms with van der Waals surface area (Å²) in [6.45, 7) is -0.710. The largest absolute Gasteiger partial charge is 0.478 e. The first-order chi connectivity index (χ1) is 13.4. The third-order valence-corrected chi connectivity index (χ3v) is 4.32. The van der Waals surface area contributed by atoms with Crippen molar-refractivity contribution < 1.29 is 39.3 Å². The standard InChI is InChI=1S/C17H19BN2O8S/c18-17(25,26)8-16(23,24)9-20-12-6-10(15(21)22)7-13(29(19)27)14(12)28-11-4-2-1-3-5-11/h1-7,20,23-26H,8-9,19H2,(H,21,22).